The highest BCUT2D eigenvalue weighted by molar-refractivity contribution is 9.10. The molecule has 28 heavy (non-hydrogen) atoms. The van der Waals surface area contributed by atoms with Crippen molar-refractivity contribution in [3.05, 3.63) is 62.5 Å². The summed E-state index contributed by atoms with van der Waals surface area (Å²) in [5.41, 5.74) is 0.352. The summed E-state index contributed by atoms with van der Waals surface area (Å²) >= 11 is 15.4. The van der Waals surface area contributed by atoms with E-state index in [1.54, 1.807) is 23.1 Å². The van der Waals surface area contributed by atoms with E-state index in [1.807, 2.05) is 24.3 Å². The summed E-state index contributed by atoms with van der Waals surface area (Å²) < 4.78 is 6.04. The molecular formula is C20H19BrCl2N2O3. The highest BCUT2D eigenvalue weighted by Gasteiger charge is 2.50. The van der Waals surface area contributed by atoms with Crippen LogP contribution >= 0.6 is 39.1 Å². The number of nitrogens with zero attached hydrogens (tertiary/aromatic N) is 1. The third-order valence-corrected chi connectivity index (χ3v) is 5.79. The van der Waals surface area contributed by atoms with Gasteiger partial charge in [0, 0.05) is 33.2 Å². The molecule has 1 aliphatic rings. The Hall–Kier alpha value is -1.76. The minimum absolute atomic E-state index is 0.372. The van der Waals surface area contributed by atoms with Crippen LogP contribution in [0.3, 0.4) is 0 Å². The van der Waals surface area contributed by atoms with Gasteiger partial charge in [-0.1, -0.05) is 51.3 Å². The number of halogens is 3. The summed E-state index contributed by atoms with van der Waals surface area (Å²) in [5.74, 6) is -0.424. The molecule has 0 bridgehead atoms. The second-order valence-corrected chi connectivity index (χ2v) is 8.46. The summed E-state index contributed by atoms with van der Waals surface area (Å²) in [4.78, 5) is 27.4. The number of carbonyl (C=O) groups is 2. The highest BCUT2D eigenvalue weighted by Crippen LogP contribution is 2.35. The maximum atomic E-state index is 13.0. The lowest BCUT2D eigenvalue weighted by molar-refractivity contribution is -0.151. The van der Waals surface area contributed by atoms with Crippen molar-refractivity contribution in [1.29, 1.82) is 0 Å². The van der Waals surface area contributed by atoms with Crippen LogP contribution in [-0.4, -0.2) is 36.1 Å². The van der Waals surface area contributed by atoms with E-state index in [9.17, 15) is 9.59 Å². The fourth-order valence-corrected chi connectivity index (χ4v) is 4.38. The molecule has 0 saturated carbocycles. The van der Waals surface area contributed by atoms with E-state index in [1.165, 1.54) is 7.11 Å². The van der Waals surface area contributed by atoms with Crippen molar-refractivity contribution in [2.75, 3.05) is 19.0 Å². The van der Waals surface area contributed by atoms with E-state index in [0.29, 0.717) is 41.5 Å². The van der Waals surface area contributed by atoms with Crippen LogP contribution < -0.4 is 5.32 Å². The van der Waals surface area contributed by atoms with Gasteiger partial charge in [-0.25, -0.2) is 9.59 Å². The van der Waals surface area contributed by atoms with Crippen LogP contribution in [0.15, 0.2) is 46.9 Å². The first kappa shape index (κ1) is 21.0. The summed E-state index contributed by atoms with van der Waals surface area (Å²) in [6.45, 7) is 0.450. The lowest BCUT2D eigenvalue weighted by Crippen LogP contribution is -2.56. The van der Waals surface area contributed by atoms with Crippen molar-refractivity contribution in [3.8, 4) is 0 Å². The molecule has 1 atom stereocenters. The number of nitrogens with one attached hydrogen (secondary N) is 1. The standard InChI is InChI=1S/C20H19BrCl2N2O3/c1-28-18(26)20(12-13-3-5-14(21)6-4-13)7-2-8-25(20)19(27)24-17-10-15(22)9-16(23)11-17/h3-6,9-11H,2,7-8,12H2,1H3,(H,24,27). The summed E-state index contributed by atoms with van der Waals surface area (Å²) in [6, 6.07) is 12.1. The molecular weight excluding hydrogens is 467 g/mol. The van der Waals surface area contributed by atoms with Crippen molar-refractivity contribution in [2.24, 2.45) is 0 Å². The Bertz CT molecular complexity index is 871. The first-order valence-electron chi connectivity index (χ1n) is 8.72. The van der Waals surface area contributed by atoms with Gasteiger partial charge in [0.1, 0.15) is 5.54 Å². The fourth-order valence-electron chi connectivity index (χ4n) is 3.59. The first-order valence-corrected chi connectivity index (χ1v) is 10.3. The van der Waals surface area contributed by atoms with Gasteiger partial charge < -0.3 is 15.0 Å². The van der Waals surface area contributed by atoms with Gasteiger partial charge in [-0.15, -0.1) is 0 Å². The summed E-state index contributed by atoms with van der Waals surface area (Å²) in [7, 11) is 1.34. The SMILES string of the molecule is COC(=O)C1(Cc2ccc(Br)cc2)CCCN1C(=O)Nc1cc(Cl)cc(Cl)c1. The van der Waals surface area contributed by atoms with E-state index in [-0.39, 0.29) is 0 Å². The lowest BCUT2D eigenvalue weighted by Gasteiger charge is -2.36. The van der Waals surface area contributed by atoms with Gasteiger partial charge in [0.15, 0.2) is 0 Å². The van der Waals surface area contributed by atoms with Gasteiger partial charge in [-0.05, 0) is 48.7 Å². The van der Waals surface area contributed by atoms with E-state index in [0.717, 1.165) is 10.0 Å². The number of carbonyl (C=O) groups excluding carboxylic acids is 2. The Morgan fingerprint density at radius 3 is 2.43 bits per heavy atom. The normalized spacial score (nSPS) is 18.8. The molecule has 148 valence electrons. The van der Waals surface area contributed by atoms with Crippen LogP contribution in [-0.2, 0) is 16.0 Å². The van der Waals surface area contributed by atoms with Crippen LogP contribution in [0.4, 0.5) is 10.5 Å². The molecule has 2 amide bonds. The van der Waals surface area contributed by atoms with Gasteiger partial charge in [0.05, 0.1) is 7.11 Å². The number of methoxy groups -OCH3 is 1. The third kappa shape index (κ3) is 4.45. The zero-order chi connectivity index (χ0) is 20.3. The molecule has 3 rings (SSSR count). The number of likely N-dealkylation sites (tertiary alicyclic amines) is 1. The van der Waals surface area contributed by atoms with Crippen LogP contribution in [0.5, 0.6) is 0 Å². The molecule has 5 nitrogen and oxygen atoms in total. The Kier molecular flexibility index (Phi) is 6.53. The van der Waals surface area contributed by atoms with Crippen LogP contribution in [0.1, 0.15) is 18.4 Å². The number of rotatable bonds is 4. The van der Waals surface area contributed by atoms with Gasteiger partial charge in [-0.2, -0.15) is 0 Å². The maximum absolute atomic E-state index is 13.0. The van der Waals surface area contributed by atoms with Gasteiger partial charge in [0.25, 0.3) is 0 Å². The van der Waals surface area contributed by atoms with Gasteiger partial charge in [0.2, 0.25) is 0 Å². The quantitative estimate of drug-likeness (QED) is 0.578. The van der Waals surface area contributed by atoms with E-state index >= 15 is 0 Å². The number of amides is 2. The topological polar surface area (TPSA) is 58.6 Å². The lowest BCUT2D eigenvalue weighted by atomic mass is 9.88. The average molecular weight is 486 g/mol. The smallest absolute Gasteiger partial charge is 0.332 e. The molecule has 0 aliphatic carbocycles. The predicted molar refractivity (Wildman–Crippen MR) is 114 cm³/mol. The maximum Gasteiger partial charge on any atom is 0.332 e. The van der Waals surface area contributed by atoms with E-state index < -0.39 is 17.5 Å². The monoisotopic (exact) mass is 484 g/mol. The summed E-state index contributed by atoms with van der Waals surface area (Å²) in [6.07, 6.45) is 1.60. The fraction of sp³-hybridized carbons (Fsp3) is 0.300. The zero-order valence-electron chi connectivity index (χ0n) is 15.2. The minimum atomic E-state index is -1.06. The van der Waals surface area contributed by atoms with Crippen LogP contribution in [0, 0.1) is 0 Å². The van der Waals surface area contributed by atoms with E-state index in [4.69, 9.17) is 27.9 Å². The van der Waals surface area contributed by atoms with Crippen molar-refractivity contribution < 1.29 is 14.3 Å². The molecule has 8 heteroatoms. The van der Waals surface area contributed by atoms with Crippen molar-refractivity contribution >= 4 is 56.8 Å². The molecule has 1 fully saturated rings. The number of ether oxygens (including phenoxy) is 1. The molecule has 0 spiro atoms. The Balaban J connectivity index is 1.89. The number of urea groups is 1. The molecule has 1 saturated heterocycles. The molecule has 2 aromatic carbocycles. The number of hydrogen-bond acceptors (Lipinski definition) is 3. The third-order valence-electron chi connectivity index (χ3n) is 4.82. The van der Waals surface area contributed by atoms with Crippen molar-refractivity contribution in [2.45, 2.75) is 24.8 Å². The van der Waals surface area contributed by atoms with E-state index in [2.05, 4.69) is 21.2 Å². The van der Waals surface area contributed by atoms with Crippen molar-refractivity contribution in [1.82, 2.24) is 4.90 Å². The number of esters is 1. The Morgan fingerprint density at radius 2 is 1.82 bits per heavy atom. The molecule has 2 aromatic rings. The highest BCUT2D eigenvalue weighted by atomic mass is 79.9. The molecule has 0 aromatic heterocycles. The molecule has 1 aliphatic heterocycles. The number of anilines is 1. The number of benzene rings is 2. The van der Waals surface area contributed by atoms with Gasteiger partial charge in [-0.3, -0.25) is 0 Å². The largest absolute Gasteiger partial charge is 0.467 e. The molecule has 0 radical (unpaired) electrons. The Morgan fingerprint density at radius 1 is 1.18 bits per heavy atom. The molecule has 1 heterocycles. The first-order chi connectivity index (χ1) is 13.3. The van der Waals surface area contributed by atoms with Gasteiger partial charge >= 0.3 is 12.0 Å². The van der Waals surface area contributed by atoms with Crippen molar-refractivity contribution in [3.63, 3.8) is 0 Å². The second-order valence-electron chi connectivity index (χ2n) is 6.67. The second kappa shape index (κ2) is 8.72. The van der Waals surface area contributed by atoms with Crippen LogP contribution in [0.2, 0.25) is 10.0 Å². The Labute approximate surface area is 182 Å². The zero-order valence-corrected chi connectivity index (χ0v) is 18.3. The van der Waals surface area contributed by atoms with Crippen LogP contribution in [0.25, 0.3) is 0 Å². The molecule has 1 unspecified atom stereocenters. The average Bonchev–Trinajstić information content (AvgIpc) is 3.07. The minimum Gasteiger partial charge on any atom is -0.467 e. The summed E-state index contributed by atoms with van der Waals surface area (Å²) in [5, 5.41) is 3.63. The molecule has 1 N–H and O–H groups in total. The predicted octanol–water partition coefficient (Wildman–Crippen LogP) is 5.54. The number of hydrogen-bond donors (Lipinski definition) is 1.